The number of pyridine rings is 1. The van der Waals surface area contributed by atoms with Gasteiger partial charge in [-0.05, 0) is 30.2 Å². The van der Waals surface area contributed by atoms with Crippen LogP contribution in [-0.2, 0) is 13.6 Å². The van der Waals surface area contributed by atoms with Crippen molar-refractivity contribution in [1.29, 1.82) is 0 Å². The van der Waals surface area contributed by atoms with Crippen LogP contribution in [0.5, 0.6) is 5.75 Å². The highest BCUT2D eigenvalue weighted by Crippen LogP contribution is 2.32. The monoisotopic (exact) mass is 470 g/mol. The van der Waals surface area contributed by atoms with E-state index in [1.165, 1.54) is 0 Å². The number of aryl methyl sites for hydroxylation is 2. The van der Waals surface area contributed by atoms with E-state index >= 15 is 0 Å². The Bertz CT molecular complexity index is 1560. The minimum absolute atomic E-state index is 0.328. The summed E-state index contributed by atoms with van der Waals surface area (Å²) in [6.07, 6.45) is 8.99. The summed E-state index contributed by atoms with van der Waals surface area (Å²) < 4.78 is 10.7. The summed E-state index contributed by atoms with van der Waals surface area (Å²) in [7, 11) is 3.50. The number of imidazole rings is 1. The number of nitrogens with one attached hydrogen (secondary N) is 1. The Morgan fingerprint density at radius 3 is 2.83 bits per heavy atom. The highest BCUT2D eigenvalue weighted by atomic mass is 16.5. The smallest absolute Gasteiger partial charge is 0.218 e. The van der Waals surface area contributed by atoms with Gasteiger partial charge in [-0.2, -0.15) is 5.10 Å². The summed E-state index contributed by atoms with van der Waals surface area (Å²) in [5, 5.41) is 16.3. The zero-order valence-corrected chi connectivity index (χ0v) is 19.4. The molecule has 5 aromatic rings. The zero-order chi connectivity index (χ0) is 24.4. The average Bonchev–Trinajstić information content (AvgIpc) is 3.58. The second-order valence-electron chi connectivity index (χ2n) is 7.73. The van der Waals surface area contributed by atoms with Crippen LogP contribution in [0.4, 0.5) is 11.6 Å². The first-order chi connectivity index (χ1) is 17.1. The Morgan fingerprint density at radius 1 is 1.17 bits per heavy atom. The van der Waals surface area contributed by atoms with Gasteiger partial charge in [0.05, 0.1) is 12.8 Å². The fraction of sp³-hybridized carbons (Fsp3) is 0.227. The molecule has 13 nitrogen and oxygen atoms in total. The summed E-state index contributed by atoms with van der Waals surface area (Å²) in [5.41, 5.74) is 11.9. The quantitative estimate of drug-likeness (QED) is 0.206. The van der Waals surface area contributed by atoms with Crippen molar-refractivity contribution in [3.63, 3.8) is 0 Å². The van der Waals surface area contributed by atoms with E-state index < -0.39 is 0 Å². The first kappa shape index (κ1) is 21.9. The zero-order valence-electron chi connectivity index (χ0n) is 19.4. The maximum Gasteiger partial charge on any atom is 0.218 e. The third-order valence-electron chi connectivity index (χ3n) is 5.53. The lowest BCUT2D eigenvalue weighted by molar-refractivity contribution is 0.414. The van der Waals surface area contributed by atoms with Crippen molar-refractivity contribution < 1.29 is 4.74 Å². The number of nitrogens with zero attached hydrogens (tertiary/aromatic N) is 11. The molecule has 0 aliphatic rings. The molecule has 13 heteroatoms. The molecule has 0 aliphatic carbocycles. The largest absolute Gasteiger partial charge is 0.497 e. The van der Waals surface area contributed by atoms with Crippen molar-refractivity contribution in [3.05, 3.63) is 65.2 Å². The Kier molecular flexibility index (Phi) is 5.73. The summed E-state index contributed by atoms with van der Waals surface area (Å²) in [5.74, 6) is 2.92. The fourth-order valence-corrected chi connectivity index (χ4v) is 3.80. The highest BCUT2D eigenvalue weighted by molar-refractivity contribution is 5.84. The predicted octanol–water partition coefficient (Wildman–Crippen LogP) is 3.76. The number of hydrogen-bond donors (Lipinski definition) is 1. The van der Waals surface area contributed by atoms with Crippen LogP contribution < -0.4 is 10.1 Å². The molecule has 0 saturated carbocycles. The van der Waals surface area contributed by atoms with Crippen molar-refractivity contribution >= 4 is 17.2 Å². The molecule has 0 bridgehead atoms. The highest BCUT2D eigenvalue weighted by Gasteiger charge is 2.20. The Labute approximate surface area is 199 Å². The minimum Gasteiger partial charge on any atom is -0.497 e. The summed E-state index contributed by atoms with van der Waals surface area (Å²) >= 11 is 0. The van der Waals surface area contributed by atoms with Crippen LogP contribution in [0, 0.1) is 6.92 Å². The van der Waals surface area contributed by atoms with E-state index in [0.717, 1.165) is 22.3 Å². The number of ether oxygens (including phenoxy) is 1. The van der Waals surface area contributed by atoms with Crippen LogP contribution in [0.1, 0.15) is 5.56 Å². The molecule has 1 N–H and O–H groups in total. The van der Waals surface area contributed by atoms with Gasteiger partial charge in [0, 0.05) is 67.7 Å². The molecule has 0 aromatic carbocycles. The van der Waals surface area contributed by atoms with E-state index in [9.17, 15) is 0 Å². The van der Waals surface area contributed by atoms with Gasteiger partial charge in [0.25, 0.3) is 0 Å². The van der Waals surface area contributed by atoms with Crippen LogP contribution in [0.2, 0.25) is 0 Å². The van der Waals surface area contributed by atoms with Crippen LogP contribution >= 0.6 is 0 Å². The lowest BCUT2D eigenvalue weighted by Gasteiger charge is -2.10. The Morgan fingerprint density at radius 2 is 2.06 bits per heavy atom. The number of hydrogen-bond acceptors (Lipinski definition) is 8. The number of methoxy groups -OCH3 is 1. The third kappa shape index (κ3) is 4.23. The Balaban J connectivity index is 1.63. The molecule has 5 heterocycles. The van der Waals surface area contributed by atoms with Crippen molar-refractivity contribution in [2.45, 2.75) is 13.5 Å². The topological polar surface area (TPSA) is 149 Å². The first-order valence-electron chi connectivity index (χ1n) is 10.8. The van der Waals surface area contributed by atoms with Gasteiger partial charge in [-0.15, -0.1) is 5.10 Å². The summed E-state index contributed by atoms with van der Waals surface area (Å²) in [6.45, 7) is 2.82. The SMILES string of the molecule is COc1ccnc(Nc2nc(-c3nccn3C)nn3cc(-c4ccn(CCN=[N+]=[N-])n4)c(C)c23)c1. The van der Waals surface area contributed by atoms with E-state index in [-0.39, 0.29) is 0 Å². The van der Waals surface area contributed by atoms with Crippen LogP contribution in [0.25, 0.3) is 38.9 Å². The van der Waals surface area contributed by atoms with Gasteiger partial charge in [-0.3, -0.25) is 4.68 Å². The van der Waals surface area contributed by atoms with Crippen LogP contribution in [0.3, 0.4) is 0 Å². The molecule has 35 heavy (non-hydrogen) atoms. The number of rotatable bonds is 8. The van der Waals surface area contributed by atoms with Crippen molar-refractivity contribution in [1.82, 2.24) is 38.9 Å². The Hall–Kier alpha value is -4.90. The second-order valence-corrected chi connectivity index (χ2v) is 7.73. The maximum atomic E-state index is 8.50. The van der Waals surface area contributed by atoms with Gasteiger partial charge < -0.3 is 14.6 Å². The standard InChI is InChI=1S/C22H22N12O/c1-14-16(17-5-9-33(29-17)11-8-26-31-23)13-34-19(14)20(27-18-12-15(35-3)4-6-24-18)28-21(30-34)22-25-7-10-32(22)2/h4-7,9-10,12-13H,8,11H2,1-3H3,(H,24,27,28,30). The number of fused-ring (bicyclic) bond motifs is 1. The fourth-order valence-electron chi connectivity index (χ4n) is 3.80. The molecule has 0 amide bonds. The van der Waals surface area contributed by atoms with Crippen molar-refractivity contribution in [2.24, 2.45) is 12.2 Å². The summed E-state index contributed by atoms with van der Waals surface area (Å²) in [6, 6.07) is 5.49. The van der Waals surface area contributed by atoms with E-state index in [0.29, 0.717) is 42.1 Å². The molecule has 0 spiro atoms. The maximum absolute atomic E-state index is 8.50. The van der Waals surface area contributed by atoms with Gasteiger partial charge in [-0.25, -0.2) is 19.5 Å². The summed E-state index contributed by atoms with van der Waals surface area (Å²) in [4.78, 5) is 16.4. The van der Waals surface area contributed by atoms with E-state index in [2.05, 4.69) is 30.4 Å². The number of azide groups is 1. The van der Waals surface area contributed by atoms with Crippen molar-refractivity contribution in [2.75, 3.05) is 19.0 Å². The van der Waals surface area contributed by atoms with Gasteiger partial charge in [0.2, 0.25) is 5.82 Å². The lowest BCUT2D eigenvalue weighted by atomic mass is 10.1. The molecule has 0 saturated heterocycles. The molecule has 0 aliphatic heterocycles. The van der Waals surface area contributed by atoms with E-state index in [1.807, 2.05) is 43.2 Å². The van der Waals surface area contributed by atoms with Gasteiger partial charge in [0.1, 0.15) is 17.1 Å². The van der Waals surface area contributed by atoms with Crippen molar-refractivity contribution in [3.8, 4) is 28.7 Å². The average molecular weight is 471 g/mol. The molecule has 0 fully saturated rings. The van der Waals surface area contributed by atoms with Crippen LogP contribution in [0.15, 0.2) is 54.3 Å². The molecular weight excluding hydrogens is 448 g/mol. The second kappa shape index (κ2) is 9.15. The molecular formula is C22H22N12O. The van der Waals surface area contributed by atoms with E-state index in [1.54, 1.807) is 40.8 Å². The van der Waals surface area contributed by atoms with Gasteiger partial charge in [0.15, 0.2) is 11.6 Å². The third-order valence-corrected chi connectivity index (χ3v) is 5.53. The van der Waals surface area contributed by atoms with E-state index in [4.69, 9.17) is 20.4 Å². The lowest BCUT2D eigenvalue weighted by Crippen LogP contribution is -2.06. The molecule has 0 unspecified atom stereocenters. The molecule has 0 atom stereocenters. The first-order valence-corrected chi connectivity index (χ1v) is 10.8. The van der Waals surface area contributed by atoms with Gasteiger partial charge >= 0.3 is 0 Å². The van der Waals surface area contributed by atoms with Crippen LogP contribution in [-0.4, -0.2) is 52.6 Å². The molecule has 176 valence electrons. The number of anilines is 2. The normalized spacial score (nSPS) is 10.9. The molecule has 5 rings (SSSR count). The molecule has 0 radical (unpaired) electrons. The van der Waals surface area contributed by atoms with Gasteiger partial charge in [-0.1, -0.05) is 5.11 Å². The molecule has 5 aromatic heterocycles. The predicted molar refractivity (Wildman–Crippen MR) is 129 cm³/mol. The minimum atomic E-state index is 0.328. The number of aromatic nitrogens is 8.